The minimum atomic E-state index is -3.35. The van der Waals surface area contributed by atoms with E-state index in [1.54, 1.807) is 35.2 Å². The van der Waals surface area contributed by atoms with E-state index in [1.165, 1.54) is 11.4 Å². The van der Waals surface area contributed by atoms with Crippen LogP contribution in [0.1, 0.15) is 31.7 Å². The summed E-state index contributed by atoms with van der Waals surface area (Å²) in [4.78, 5) is 26.6. The Kier molecular flexibility index (Phi) is 7.08. The maximum absolute atomic E-state index is 12.8. The summed E-state index contributed by atoms with van der Waals surface area (Å²) >= 11 is 0. The molecule has 0 bridgehead atoms. The first-order valence-electron chi connectivity index (χ1n) is 10.5. The van der Waals surface area contributed by atoms with E-state index >= 15 is 0 Å². The first-order chi connectivity index (χ1) is 15.1. The van der Waals surface area contributed by atoms with Crippen molar-refractivity contribution >= 4 is 38.9 Å². The maximum Gasteiger partial charge on any atom is 0.265 e. The van der Waals surface area contributed by atoms with E-state index in [1.807, 2.05) is 26.0 Å². The smallest absolute Gasteiger partial charge is 0.265 e. The molecule has 1 aliphatic rings. The highest BCUT2D eigenvalue weighted by atomic mass is 32.2. The zero-order chi connectivity index (χ0) is 23.5. The number of hydrogen-bond donors (Lipinski definition) is 1. The number of amides is 2. The summed E-state index contributed by atoms with van der Waals surface area (Å²) in [5.74, 6) is 0.309. The van der Waals surface area contributed by atoms with Crippen molar-refractivity contribution in [2.75, 3.05) is 34.4 Å². The van der Waals surface area contributed by atoms with Crippen LogP contribution in [0.5, 0.6) is 5.75 Å². The van der Waals surface area contributed by atoms with E-state index in [0.29, 0.717) is 30.0 Å². The van der Waals surface area contributed by atoms with Gasteiger partial charge >= 0.3 is 0 Å². The molecule has 8 nitrogen and oxygen atoms in total. The van der Waals surface area contributed by atoms with Crippen LogP contribution in [0, 0.1) is 6.92 Å². The van der Waals surface area contributed by atoms with Gasteiger partial charge in [0.1, 0.15) is 5.75 Å². The Labute approximate surface area is 189 Å². The predicted octanol–water partition coefficient (Wildman–Crippen LogP) is 3.31. The Balaban J connectivity index is 1.66. The minimum Gasteiger partial charge on any atom is -0.481 e. The zero-order valence-electron chi connectivity index (χ0n) is 18.8. The Morgan fingerprint density at radius 1 is 1.22 bits per heavy atom. The molecule has 1 aliphatic heterocycles. The van der Waals surface area contributed by atoms with Gasteiger partial charge < -0.3 is 15.0 Å². The fourth-order valence-corrected chi connectivity index (χ4v) is 4.08. The van der Waals surface area contributed by atoms with Gasteiger partial charge in [-0.3, -0.25) is 13.9 Å². The molecule has 0 radical (unpaired) electrons. The molecule has 0 aliphatic carbocycles. The molecule has 9 heteroatoms. The number of carbonyl (C=O) groups is 2. The normalized spacial score (nSPS) is 14.9. The Morgan fingerprint density at radius 2 is 1.91 bits per heavy atom. The maximum atomic E-state index is 12.8. The summed E-state index contributed by atoms with van der Waals surface area (Å²) in [6.07, 6.45) is 2.30. The first-order valence-corrected chi connectivity index (χ1v) is 12.4. The summed E-state index contributed by atoms with van der Waals surface area (Å²) in [5, 5.41) is 2.88. The second kappa shape index (κ2) is 9.60. The molecule has 2 aromatic carbocycles. The molecule has 3 rings (SSSR count). The van der Waals surface area contributed by atoms with E-state index in [0.717, 1.165) is 30.5 Å². The summed E-state index contributed by atoms with van der Waals surface area (Å²) < 4.78 is 30.3. The molecular formula is C23H29N3O5S. The number of sulfonamides is 1. The van der Waals surface area contributed by atoms with Gasteiger partial charge in [0.15, 0.2) is 6.10 Å². The van der Waals surface area contributed by atoms with Crippen LogP contribution in [0.25, 0.3) is 0 Å². The second-order valence-corrected chi connectivity index (χ2v) is 9.89. The molecule has 2 amide bonds. The molecule has 1 unspecified atom stereocenters. The molecule has 0 aromatic heterocycles. The molecule has 1 saturated heterocycles. The fraction of sp³-hybridized carbons (Fsp3) is 0.391. The largest absolute Gasteiger partial charge is 0.481 e. The van der Waals surface area contributed by atoms with E-state index in [9.17, 15) is 18.0 Å². The lowest BCUT2D eigenvalue weighted by molar-refractivity contribution is -0.122. The highest BCUT2D eigenvalue weighted by Gasteiger charge is 2.24. The SMILES string of the molecule is CCC(Oc1ccc(N(C)S(C)(=O)=O)cc1)C(=O)Nc1ccc(N2CCCC2=O)c(C)c1. The van der Waals surface area contributed by atoms with E-state index in [2.05, 4.69) is 5.32 Å². The van der Waals surface area contributed by atoms with Crippen LogP contribution in [-0.4, -0.2) is 46.2 Å². The zero-order valence-corrected chi connectivity index (χ0v) is 19.6. The number of ether oxygens (including phenoxy) is 1. The number of nitrogens with zero attached hydrogens (tertiary/aromatic N) is 2. The van der Waals surface area contributed by atoms with Gasteiger partial charge in [0, 0.05) is 31.4 Å². The van der Waals surface area contributed by atoms with Crippen molar-refractivity contribution in [1.82, 2.24) is 0 Å². The summed E-state index contributed by atoms with van der Waals surface area (Å²) in [7, 11) is -1.88. The third kappa shape index (κ3) is 5.40. The third-order valence-electron chi connectivity index (χ3n) is 5.47. The van der Waals surface area contributed by atoms with Crippen molar-refractivity contribution in [3.8, 4) is 5.75 Å². The van der Waals surface area contributed by atoms with Crippen LogP contribution in [0.4, 0.5) is 17.1 Å². The number of carbonyl (C=O) groups excluding carboxylic acids is 2. The van der Waals surface area contributed by atoms with E-state index in [4.69, 9.17) is 4.74 Å². The highest BCUT2D eigenvalue weighted by Crippen LogP contribution is 2.28. The average Bonchev–Trinajstić information content (AvgIpc) is 3.17. The molecule has 172 valence electrons. The first kappa shape index (κ1) is 23.6. The van der Waals surface area contributed by atoms with E-state index in [-0.39, 0.29) is 11.8 Å². The monoisotopic (exact) mass is 459 g/mol. The van der Waals surface area contributed by atoms with Crippen molar-refractivity contribution in [1.29, 1.82) is 0 Å². The van der Waals surface area contributed by atoms with Crippen LogP contribution in [0.2, 0.25) is 0 Å². The number of rotatable bonds is 8. The molecule has 32 heavy (non-hydrogen) atoms. The second-order valence-electron chi connectivity index (χ2n) is 7.88. The van der Waals surface area contributed by atoms with Gasteiger partial charge in [-0.25, -0.2) is 8.42 Å². The molecule has 1 fully saturated rings. The summed E-state index contributed by atoms with van der Waals surface area (Å²) in [5.41, 5.74) is 2.92. The third-order valence-corrected chi connectivity index (χ3v) is 6.67. The lowest BCUT2D eigenvalue weighted by atomic mass is 10.1. The quantitative estimate of drug-likeness (QED) is 0.653. The lowest BCUT2D eigenvalue weighted by Gasteiger charge is -2.21. The molecule has 0 saturated carbocycles. The average molecular weight is 460 g/mol. The fourth-order valence-electron chi connectivity index (χ4n) is 3.57. The van der Waals surface area contributed by atoms with E-state index < -0.39 is 16.1 Å². The van der Waals surface area contributed by atoms with Crippen molar-refractivity contribution in [2.24, 2.45) is 0 Å². The highest BCUT2D eigenvalue weighted by molar-refractivity contribution is 7.92. The van der Waals surface area contributed by atoms with Crippen molar-refractivity contribution in [3.05, 3.63) is 48.0 Å². The topological polar surface area (TPSA) is 96.0 Å². The molecule has 1 heterocycles. The Bertz CT molecular complexity index is 1100. The molecule has 2 aromatic rings. The van der Waals surface area contributed by atoms with Crippen LogP contribution < -0.4 is 19.3 Å². The van der Waals surface area contributed by atoms with Crippen molar-refractivity contribution in [2.45, 2.75) is 39.2 Å². The molecule has 1 N–H and O–H groups in total. The van der Waals surface area contributed by atoms with Gasteiger partial charge in [0.05, 0.1) is 11.9 Å². The summed E-state index contributed by atoms with van der Waals surface area (Å²) in [6, 6.07) is 12.0. The lowest BCUT2D eigenvalue weighted by Crippen LogP contribution is -2.32. The Morgan fingerprint density at radius 3 is 2.44 bits per heavy atom. The Hall–Kier alpha value is -3.07. The number of aryl methyl sites for hydroxylation is 1. The van der Waals surface area contributed by atoms with Gasteiger partial charge in [-0.2, -0.15) is 0 Å². The van der Waals surface area contributed by atoms with Gasteiger partial charge in [-0.15, -0.1) is 0 Å². The van der Waals surface area contributed by atoms with Crippen LogP contribution in [-0.2, 0) is 19.6 Å². The molecular weight excluding hydrogens is 430 g/mol. The molecule has 1 atom stereocenters. The summed E-state index contributed by atoms with van der Waals surface area (Å²) in [6.45, 7) is 4.48. The van der Waals surface area contributed by atoms with Crippen molar-refractivity contribution < 1.29 is 22.7 Å². The number of hydrogen-bond acceptors (Lipinski definition) is 5. The van der Waals surface area contributed by atoms with Gasteiger partial charge in [0.2, 0.25) is 15.9 Å². The van der Waals surface area contributed by atoms with Gasteiger partial charge in [0.25, 0.3) is 5.91 Å². The van der Waals surface area contributed by atoms with Crippen LogP contribution in [0.15, 0.2) is 42.5 Å². The molecule has 0 spiro atoms. The van der Waals surface area contributed by atoms with Gasteiger partial charge in [-0.1, -0.05) is 6.92 Å². The standard InChI is InChI=1S/C23H29N3O5S/c1-5-21(31-19-11-9-18(10-12-19)25(3)32(4,29)30)23(28)24-17-8-13-20(16(2)15-17)26-14-6-7-22(26)27/h8-13,15,21H,5-7,14H2,1-4H3,(H,24,28). The van der Waals surface area contributed by atoms with Crippen LogP contribution in [0.3, 0.4) is 0 Å². The number of benzene rings is 2. The van der Waals surface area contributed by atoms with Gasteiger partial charge in [-0.05, 0) is 67.8 Å². The number of nitrogens with one attached hydrogen (secondary N) is 1. The van der Waals surface area contributed by atoms with Crippen molar-refractivity contribution in [3.63, 3.8) is 0 Å². The van der Waals surface area contributed by atoms with Crippen LogP contribution >= 0.6 is 0 Å². The number of anilines is 3. The predicted molar refractivity (Wildman–Crippen MR) is 126 cm³/mol. The minimum absolute atomic E-state index is 0.123.